The van der Waals surface area contributed by atoms with Gasteiger partial charge < -0.3 is 9.88 Å². The first-order valence-electron chi connectivity index (χ1n) is 6.92. The third kappa shape index (κ3) is 3.81. The highest BCUT2D eigenvalue weighted by Crippen LogP contribution is 2.07. The number of rotatable bonds is 6. The van der Waals surface area contributed by atoms with E-state index in [1.165, 1.54) is 5.56 Å². The smallest absolute Gasteiger partial charge is 0.313 e. The number of imidazole rings is 1. The average molecular weight is 274 g/mol. The summed E-state index contributed by atoms with van der Waals surface area (Å²) in [6.45, 7) is 5.80. The lowest BCUT2D eigenvalue weighted by molar-refractivity contribution is 0.244. The maximum atomic E-state index is 11.4. The molecule has 2 rings (SSSR count). The Labute approximate surface area is 119 Å². The van der Waals surface area contributed by atoms with Crippen LogP contribution in [-0.4, -0.2) is 39.1 Å². The first kappa shape index (κ1) is 14.5. The van der Waals surface area contributed by atoms with Gasteiger partial charge in [-0.1, -0.05) is 0 Å². The van der Waals surface area contributed by atoms with E-state index in [2.05, 4.69) is 41.8 Å². The topological polar surface area (TPSA) is 53.9 Å². The molecule has 0 saturated carbocycles. The van der Waals surface area contributed by atoms with Crippen molar-refractivity contribution in [2.24, 2.45) is 0 Å². The molecule has 0 saturated heterocycles. The van der Waals surface area contributed by atoms with E-state index in [-0.39, 0.29) is 5.69 Å². The molecule has 0 spiro atoms. The zero-order chi connectivity index (χ0) is 14.5. The van der Waals surface area contributed by atoms with Gasteiger partial charge in [0.1, 0.15) is 0 Å². The number of nitrogens with zero attached hydrogens (tertiary/aromatic N) is 3. The van der Waals surface area contributed by atoms with Crippen LogP contribution < -0.4 is 5.69 Å². The molecule has 0 radical (unpaired) electrons. The highest BCUT2D eigenvalue weighted by atomic mass is 16.1. The Morgan fingerprint density at radius 3 is 2.95 bits per heavy atom. The van der Waals surface area contributed by atoms with Gasteiger partial charge in [0, 0.05) is 49.8 Å². The van der Waals surface area contributed by atoms with Gasteiger partial charge in [0.2, 0.25) is 0 Å². The lowest BCUT2D eigenvalue weighted by Crippen LogP contribution is -2.35. The Balaban J connectivity index is 1.87. The maximum Gasteiger partial charge on any atom is 0.325 e. The molecule has 2 heterocycles. The molecule has 0 aliphatic heterocycles. The number of hydrogen-bond donors (Lipinski definition) is 1. The number of aromatic amines is 1. The van der Waals surface area contributed by atoms with Gasteiger partial charge in [-0.3, -0.25) is 9.55 Å². The summed E-state index contributed by atoms with van der Waals surface area (Å²) in [6.07, 6.45) is 6.22. The molecular formula is C15H22N4O. The minimum Gasteiger partial charge on any atom is -0.313 e. The van der Waals surface area contributed by atoms with Gasteiger partial charge in [0.25, 0.3) is 0 Å². The fourth-order valence-electron chi connectivity index (χ4n) is 2.18. The molecule has 2 aromatic rings. The summed E-state index contributed by atoms with van der Waals surface area (Å²) in [4.78, 5) is 20.7. The average Bonchev–Trinajstić information content (AvgIpc) is 2.81. The van der Waals surface area contributed by atoms with Gasteiger partial charge in [-0.15, -0.1) is 0 Å². The van der Waals surface area contributed by atoms with E-state index in [0.717, 1.165) is 18.7 Å². The molecule has 2 aromatic heterocycles. The van der Waals surface area contributed by atoms with E-state index in [1.807, 2.05) is 12.3 Å². The second kappa shape index (κ2) is 6.52. The zero-order valence-corrected chi connectivity index (χ0v) is 12.3. The first-order valence-corrected chi connectivity index (χ1v) is 6.92. The normalized spacial score (nSPS) is 12.8. The standard InChI is InChI=1S/C15H22N4O/c1-12-4-5-16-14(10-12)11-13(2)18(3)8-9-19-7-6-17-15(19)20/h4-7,10,13H,8-9,11H2,1-3H3,(H,17,20). The molecule has 0 aliphatic rings. The third-order valence-corrected chi connectivity index (χ3v) is 3.64. The summed E-state index contributed by atoms with van der Waals surface area (Å²) < 4.78 is 1.69. The van der Waals surface area contributed by atoms with E-state index in [4.69, 9.17) is 0 Å². The molecule has 0 amide bonds. The minimum absolute atomic E-state index is 0.0496. The molecule has 5 nitrogen and oxygen atoms in total. The van der Waals surface area contributed by atoms with Gasteiger partial charge in [-0.25, -0.2) is 4.79 Å². The van der Waals surface area contributed by atoms with Crippen LogP contribution in [0.4, 0.5) is 0 Å². The molecule has 0 aliphatic carbocycles. The van der Waals surface area contributed by atoms with Crippen molar-refractivity contribution >= 4 is 0 Å². The fourth-order valence-corrected chi connectivity index (χ4v) is 2.18. The number of likely N-dealkylation sites (N-methyl/N-ethyl adjacent to an activating group) is 1. The Kier molecular flexibility index (Phi) is 4.74. The number of aryl methyl sites for hydroxylation is 1. The maximum absolute atomic E-state index is 11.4. The molecule has 5 heteroatoms. The van der Waals surface area contributed by atoms with Crippen LogP contribution in [-0.2, 0) is 13.0 Å². The van der Waals surface area contributed by atoms with Gasteiger partial charge in [0.05, 0.1) is 0 Å². The van der Waals surface area contributed by atoms with Crippen molar-refractivity contribution in [3.63, 3.8) is 0 Å². The SMILES string of the molecule is Cc1ccnc(CC(C)N(C)CCn2cc[nH]c2=O)c1. The number of aromatic nitrogens is 3. The number of pyridine rings is 1. The zero-order valence-electron chi connectivity index (χ0n) is 12.3. The predicted octanol–water partition coefficient (Wildman–Crippen LogP) is 1.44. The van der Waals surface area contributed by atoms with E-state index >= 15 is 0 Å². The van der Waals surface area contributed by atoms with Crippen LogP contribution in [0.3, 0.4) is 0 Å². The van der Waals surface area contributed by atoms with Crippen LogP contribution >= 0.6 is 0 Å². The van der Waals surface area contributed by atoms with E-state index < -0.39 is 0 Å². The second-order valence-corrected chi connectivity index (χ2v) is 5.32. The van der Waals surface area contributed by atoms with E-state index in [0.29, 0.717) is 12.6 Å². The van der Waals surface area contributed by atoms with Crippen LogP contribution in [0.5, 0.6) is 0 Å². The van der Waals surface area contributed by atoms with E-state index in [9.17, 15) is 4.79 Å². The Morgan fingerprint density at radius 2 is 2.30 bits per heavy atom. The number of hydrogen-bond acceptors (Lipinski definition) is 3. The molecule has 20 heavy (non-hydrogen) atoms. The highest BCUT2D eigenvalue weighted by molar-refractivity contribution is 5.15. The van der Waals surface area contributed by atoms with Crippen molar-refractivity contribution in [1.82, 2.24) is 19.4 Å². The molecule has 108 valence electrons. The van der Waals surface area contributed by atoms with Gasteiger partial charge in [0.15, 0.2) is 0 Å². The Morgan fingerprint density at radius 1 is 1.50 bits per heavy atom. The van der Waals surface area contributed by atoms with Gasteiger partial charge in [-0.2, -0.15) is 0 Å². The van der Waals surface area contributed by atoms with E-state index in [1.54, 1.807) is 17.0 Å². The fraction of sp³-hybridized carbons (Fsp3) is 0.467. The summed E-state index contributed by atoms with van der Waals surface area (Å²) in [7, 11) is 2.08. The summed E-state index contributed by atoms with van der Waals surface area (Å²) in [5.41, 5.74) is 2.30. The summed E-state index contributed by atoms with van der Waals surface area (Å²) in [5, 5.41) is 0. The Hall–Kier alpha value is -1.88. The van der Waals surface area contributed by atoms with Crippen molar-refractivity contribution in [3.8, 4) is 0 Å². The quantitative estimate of drug-likeness (QED) is 0.867. The number of H-pyrrole nitrogens is 1. The Bertz CT molecular complexity index is 602. The molecule has 1 N–H and O–H groups in total. The minimum atomic E-state index is -0.0496. The molecule has 0 fully saturated rings. The monoisotopic (exact) mass is 274 g/mol. The molecule has 0 aromatic carbocycles. The van der Waals surface area contributed by atoms with Crippen LogP contribution in [0.1, 0.15) is 18.2 Å². The van der Waals surface area contributed by atoms with Gasteiger partial charge in [-0.05, 0) is 38.6 Å². The van der Waals surface area contributed by atoms with Crippen LogP contribution in [0.15, 0.2) is 35.5 Å². The largest absolute Gasteiger partial charge is 0.325 e. The second-order valence-electron chi connectivity index (χ2n) is 5.32. The van der Waals surface area contributed by atoms with Crippen molar-refractivity contribution in [1.29, 1.82) is 0 Å². The van der Waals surface area contributed by atoms with Gasteiger partial charge >= 0.3 is 5.69 Å². The summed E-state index contributed by atoms with van der Waals surface area (Å²) in [5.74, 6) is 0. The highest BCUT2D eigenvalue weighted by Gasteiger charge is 2.11. The molecule has 1 atom stereocenters. The number of nitrogens with one attached hydrogen (secondary N) is 1. The first-order chi connectivity index (χ1) is 9.56. The van der Waals surface area contributed by atoms with Crippen molar-refractivity contribution < 1.29 is 0 Å². The molecular weight excluding hydrogens is 252 g/mol. The summed E-state index contributed by atoms with van der Waals surface area (Å²) >= 11 is 0. The third-order valence-electron chi connectivity index (χ3n) is 3.64. The van der Waals surface area contributed by atoms with Crippen molar-refractivity contribution in [2.45, 2.75) is 32.9 Å². The van der Waals surface area contributed by atoms with Crippen LogP contribution in [0.25, 0.3) is 0 Å². The van der Waals surface area contributed by atoms with Crippen LogP contribution in [0, 0.1) is 6.92 Å². The molecule has 0 bridgehead atoms. The summed E-state index contributed by atoms with van der Waals surface area (Å²) in [6, 6.07) is 4.52. The lowest BCUT2D eigenvalue weighted by Gasteiger charge is -2.24. The lowest BCUT2D eigenvalue weighted by atomic mass is 10.1. The van der Waals surface area contributed by atoms with Crippen molar-refractivity contribution in [3.05, 3.63) is 52.5 Å². The predicted molar refractivity (Wildman–Crippen MR) is 79.8 cm³/mol. The van der Waals surface area contributed by atoms with Crippen LogP contribution in [0.2, 0.25) is 0 Å². The van der Waals surface area contributed by atoms with Crippen molar-refractivity contribution in [2.75, 3.05) is 13.6 Å². The molecule has 1 unspecified atom stereocenters.